The van der Waals surface area contributed by atoms with E-state index in [0.717, 1.165) is 5.56 Å². The summed E-state index contributed by atoms with van der Waals surface area (Å²) < 4.78 is 0. The molecule has 0 spiro atoms. The Bertz CT molecular complexity index is 785. The first kappa shape index (κ1) is 22.3. The summed E-state index contributed by atoms with van der Waals surface area (Å²) in [5, 5.41) is 20.2. The fourth-order valence-corrected chi connectivity index (χ4v) is 4.74. The molecule has 0 aliphatic carbocycles. The summed E-state index contributed by atoms with van der Waals surface area (Å²) in [5.74, 6) is -1.22. The molecule has 2 heterocycles. The van der Waals surface area contributed by atoms with Crippen molar-refractivity contribution >= 4 is 17.8 Å². The molecule has 164 valence electrons. The Morgan fingerprint density at radius 3 is 2.23 bits per heavy atom. The first-order valence-electron chi connectivity index (χ1n) is 10.8. The minimum atomic E-state index is -1.16. The normalized spacial score (nSPS) is 25.2. The summed E-state index contributed by atoms with van der Waals surface area (Å²) in [4.78, 5) is 40.8. The van der Waals surface area contributed by atoms with E-state index in [1.807, 2.05) is 38.1 Å². The number of carbonyl (C=O) groups excluding carboxylic acids is 2. The van der Waals surface area contributed by atoms with Crippen LogP contribution < -0.4 is 0 Å². The minimum Gasteiger partial charge on any atom is -0.481 e. The van der Waals surface area contributed by atoms with Gasteiger partial charge in [-0.15, -0.1) is 0 Å². The third-order valence-electron chi connectivity index (χ3n) is 6.72. The average Bonchev–Trinajstić information content (AvgIpc) is 2.75. The van der Waals surface area contributed by atoms with Gasteiger partial charge in [-0.25, -0.2) is 0 Å². The van der Waals surface area contributed by atoms with Crippen LogP contribution in [0.15, 0.2) is 24.3 Å². The van der Waals surface area contributed by atoms with E-state index in [1.54, 1.807) is 9.80 Å². The second kappa shape index (κ2) is 9.16. The number of benzene rings is 1. The Morgan fingerprint density at radius 2 is 1.70 bits per heavy atom. The summed E-state index contributed by atoms with van der Waals surface area (Å²) in [7, 11) is 0. The summed E-state index contributed by atoms with van der Waals surface area (Å²) in [6, 6.07) is 7.49. The van der Waals surface area contributed by atoms with Crippen LogP contribution in [0.4, 0.5) is 0 Å². The van der Waals surface area contributed by atoms with Crippen molar-refractivity contribution < 1.29 is 24.6 Å². The van der Waals surface area contributed by atoms with E-state index in [-0.39, 0.29) is 30.7 Å². The number of nitrogens with zero attached hydrogens (tertiary/aromatic N) is 2. The maximum absolute atomic E-state index is 13.0. The fraction of sp³-hybridized carbons (Fsp3) is 0.609. The topological polar surface area (TPSA) is 98.2 Å². The number of aryl methyl sites for hydroxylation is 1. The Kier molecular flexibility index (Phi) is 6.81. The summed E-state index contributed by atoms with van der Waals surface area (Å²) in [5.41, 5.74) is 0.603. The lowest BCUT2D eigenvalue weighted by Crippen LogP contribution is -2.57. The number of β-amino-alcohol motifs (C(OH)–C–C–N with tert-alkyl or cyclic N) is 1. The van der Waals surface area contributed by atoms with Gasteiger partial charge in [-0.2, -0.15) is 0 Å². The van der Waals surface area contributed by atoms with Crippen LogP contribution >= 0.6 is 0 Å². The number of likely N-dealkylation sites (tertiary alicyclic amines) is 2. The lowest BCUT2D eigenvalue weighted by Gasteiger charge is -2.44. The monoisotopic (exact) mass is 416 g/mol. The number of carboxylic acid groups (broad SMARTS) is 1. The lowest BCUT2D eigenvalue weighted by atomic mass is 9.72. The van der Waals surface area contributed by atoms with E-state index < -0.39 is 17.5 Å². The van der Waals surface area contributed by atoms with E-state index in [1.165, 1.54) is 0 Å². The first-order valence-corrected chi connectivity index (χ1v) is 10.8. The Labute approximate surface area is 177 Å². The highest BCUT2D eigenvalue weighted by Crippen LogP contribution is 2.37. The molecule has 2 N–H and O–H groups in total. The number of amides is 2. The maximum atomic E-state index is 13.0. The van der Waals surface area contributed by atoms with E-state index in [9.17, 15) is 24.6 Å². The van der Waals surface area contributed by atoms with Crippen molar-refractivity contribution in [3.05, 3.63) is 35.4 Å². The van der Waals surface area contributed by atoms with Gasteiger partial charge in [0.05, 0.1) is 11.5 Å². The van der Waals surface area contributed by atoms with Gasteiger partial charge in [0.2, 0.25) is 5.91 Å². The minimum absolute atomic E-state index is 0.0138. The van der Waals surface area contributed by atoms with Gasteiger partial charge >= 0.3 is 5.97 Å². The number of carboxylic acids is 1. The second-order valence-corrected chi connectivity index (χ2v) is 8.69. The largest absolute Gasteiger partial charge is 0.481 e. The van der Waals surface area contributed by atoms with E-state index in [2.05, 4.69) is 0 Å². The van der Waals surface area contributed by atoms with Gasteiger partial charge in [-0.05, 0) is 44.7 Å². The number of rotatable bonds is 5. The van der Waals surface area contributed by atoms with Crippen LogP contribution in [0.25, 0.3) is 0 Å². The molecule has 2 aliphatic heterocycles. The van der Waals surface area contributed by atoms with Gasteiger partial charge in [0, 0.05) is 37.7 Å². The van der Waals surface area contributed by atoms with Crippen LogP contribution in [0.1, 0.15) is 54.9 Å². The molecule has 2 aliphatic rings. The molecule has 2 fully saturated rings. The molecule has 0 unspecified atom stereocenters. The maximum Gasteiger partial charge on any atom is 0.312 e. The van der Waals surface area contributed by atoms with Crippen molar-refractivity contribution in [2.75, 3.05) is 26.2 Å². The Morgan fingerprint density at radius 1 is 1.07 bits per heavy atom. The molecule has 2 saturated heterocycles. The van der Waals surface area contributed by atoms with E-state index >= 15 is 0 Å². The summed E-state index contributed by atoms with van der Waals surface area (Å²) >= 11 is 0. The third kappa shape index (κ3) is 4.36. The zero-order valence-corrected chi connectivity index (χ0v) is 17.8. The van der Waals surface area contributed by atoms with Crippen LogP contribution in [-0.2, 0) is 9.59 Å². The quantitative estimate of drug-likeness (QED) is 0.768. The molecular formula is C23H32N2O5. The van der Waals surface area contributed by atoms with Gasteiger partial charge in [0.15, 0.2) is 0 Å². The number of aliphatic carboxylic acids is 1. The molecule has 2 atom stereocenters. The zero-order chi connectivity index (χ0) is 21.9. The molecule has 2 amide bonds. The van der Waals surface area contributed by atoms with Crippen LogP contribution in [0.2, 0.25) is 0 Å². The fourth-order valence-electron chi connectivity index (χ4n) is 4.74. The number of hydrogen-bond acceptors (Lipinski definition) is 4. The highest BCUT2D eigenvalue weighted by atomic mass is 16.4. The highest BCUT2D eigenvalue weighted by molar-refractivity contribution is 5.94. The lowest BCUT2D eigenvalue weighted by molar-refractivity contribution is -0.168. The van der Waals surface area contributed by atoms with Gasteiger partial charge in [-0.1, -0.05) is 31.0 Å². The van der Waals surface area contributed by atoms with Crippen molar-refractivity contribution in [1.29, 1.82) is 0 Å². The van der Waals surface area contributed by atoms with Crippen LogP contribution in [0, 0.1) is 18.3 Å². The van der Waals surface area contributed by atoms with Crippen molar-refractivity contribution in [3.8, 4) is 0 Å². The third-order valence-corrected chi connectivity index (χ3v) is 6.72. The molecule has 7 nitrogen and oxygen atoms in total. The van der Waals surface area contributed by atoms with Gasteiger partial charge in [-0.3, -0.25) is 14.4 Å². The summed E-state index contributed by atoms with van der Waals surface area (Å²) in [6.07, 6.45) is 1.46. The molecule has 0 bridgehead atoms. The van der Waals surface area contributed by atoms with Gasteiger partial charge in [0.25, 0.3) is 5.91 Å². The molecule has 0 saturated carbocycles. The van der Waals surface area contributed by atoms with Gasteiger partial charge < -0.3 is 20.0 Å². The number of carbonyl (C=O) groups is 3. The molecular weight excluding hydrogens is 384 g/mol. The molecule has 1 aromatic carbocycles. The standard InChI is InChI=1S/C23H32N2O5/c1-3-10-23(22(29)30)11-14-25(15-19(23)26)21(28)18-8-12-24(13-9-18)20(27)17-6-4-16(2)5-7-17/h4-7,18-19,26H,3,8-15H2,1-2H3,(H,29,30)/t19-,23-/m0/s1. The predicted molar refractivity (Wildman–Crippen MR) is 112 cm³/mol. The Balaban J connectivity index is 1.56. The van der Waals surface area contributed by atoms with Crippen molar-refractivity contribution in [3.63, 3.8) is 0 Å². The smallest absolute Gasteiger partial charge is 0.312 e. The highest BCUT2D eigenvalue weighted by Gasteiger charge is 2.49. The molecule has 0 radical (unpaired) electrons. The summed E-state index contributed by atoms with van der Waals surface area (Å²) in [6.45, 7) is 5.34. The first-order chi connectivity index (χ1) is 14.3. The molecule has 0 aromatic heterocycles. The van der Waals surface area contributed by atoms with Crippen LogP contribution in [0.5, 0.6) is 0 Å². The molecule has 7 heteroatoms. The van der Waals surface area contributed by atoms with E-state index in [0.29, 0.717) is 50.9 Å². The van der Waals surface area contributed by atoms with E-state index in [4.69, 9.17) is 0 Å². The molecule has 3 rings (SSSR count). The number of piperidine rings is 2. The molecule has 1 aromatic rings. The number of hydrogen-bond donors (Lipinski definition) is 2. The zero-order valence-electron chi connectivity index (χ0n) is 17.8. The van der Waals surface area contributed by atoms with Crippen molar-refractivity contribution in [2.24, 2.45) is 11.3 Å². The predicted octanol–water partition coefficient (Wildman–Crippen LogP) is 2.31. The second-order valence-electron chi connectivity index (χ2n) is 8.69. The Hall–Kier alpha value is -2.41. The van der Waals surface area contributed by atoms with Gasteiger partial charge in [0.1, 0.15) is 0 Å². The number of aliphatic hydroxyl groups excluding tert-OH is 1. The average molecular weight is 417 g/mol. The van der Waals surface area contributed by atoms with Crippen LogP contribution in [0.3, 0.4) is 0 Å². The number of aliphatic hydroxyl groups is 1. The van der Waals surface area contributed by atoms with Crippen molar-refractivity contribution in [2.45, 2.75) is 52.1 Å². The molecule has 30 heavy (non-hydrogen) atoms. The van der Waals surface area contributed by atoms with Crippen molar-refractivity contribution in [1.82, 2.24) is 9.80 Å². The van der Waals surface area contributed by atoms with Crippen LogP contribution in [-0.4, -0.2) is 70.1 Å². The SMILES string of the molecule is CCC[C@]1(C(=O)O)CCN(C(=O)C2CCN(C(=O)c3ccc(C)cc3)CC2)C[C@@H]1O.